The molecule has 2 aliphatic heterocycles. The number of carbonyl (C=O) groups excluding carboxylic acids is 2. The van der Waals surface area contributed by atoms with Crippen molar-refractivity contribution in [2.24, 2.45) is 11.3 Å². The van der Waals surface area contributed by atoms with E-state index in [2.05, 4.69) is 15.5 Å². The van der Waals surface area contributed by atoms with Crippen molar-refractivity contribution in [1.29, 1.82) is 0 Å². The Morgan fingerprint density at radius 3 is 2.92 bits per heavy atom. The summed E-state index contributed by atoms with van der Waals surface area (Å²) in [6.45, 7) is 5.95. The number of ether oxygens (including phenoxy) is 1. The lowest BCUT2D eigenvalue weighted by atomic mass is 9.87. The highest BCUT2D eigenvalue weighted by Gasteiger charge is 2.50. The van der Waals surface area contributed by atoms with Gasteiger partial charge >= 0.3 is 0 Å². The van der Waals surface area contributed by atoms with Crippen molar-refractivity contribution in [1.82, 2.24) is 20.4 Å². The maximum Gasteiger partial charge on any atom is 0.272 e. The molecule has 4 rings (SSSR count). The Labute approximate surface area is 145 Å². The first-order valence-electron chi connectivity index (χ1n) is 8.74. The van der Waals surface area contributed by atoms with Crippen molar-refractivity contribution >= 4 is 11.8 Å². The van der Waals surface area contributed by atoms with Gasteiger partial charge in [-0.15, -0.1) is 0 Å². The number of aromatic nitrogens is 2. The Balaban J connectivity index is 1.45. The lowest BCUT2D eigenvalue weighted by Crippen LogP contribution is -2.45. The first-order chi connectivity index (χ1) is 11.9. The van der Waals surface area contributed by atoms with Gasteiger partial charge in [-0.25, -0.2) is 4.39 Å². The summed E-state index contributed by atoms with van der Waals surface area (Å²) in [6.07, 6.45) is 0.0463. The SMILES string of the molecule is CC1(C)CN(C(=O)C2CC2F)CC1NC(=O)c1n[nH]c2c1COCC2. The minimum absolute atomic E-state index is 0.136. The second-order valence-electron chi connectivity index (χ2n) is 7.92. The molecule has 25 heavy (non-hydrogen) atoms. The van der Waals surface area contributed by atoms with Crippen LogP contribution in [0.4, 0.5) is 4.39 Å². The van der Waals surface area contributed by atoms with Gasteiger partial charge in [-0.3, -0.25) is 14.7 Å². The van der Waals surface area contributed by atoms with E-state index >= 15 is 0 Å². The summed E-state index contributed by atoms with van der Waals surface area (Å²) >= 11 is 0. The molecule has 2 N–H and O–H groups in total. The van der Waals surface area contributed by atoms with E-state index in [0.717, 1.165) is 17.7 Å². The van der Waals surface area contributed by atoms with E-state index in [1.807, 2.05) is 13.8 Å². The fraction of sp³-hybridized carbons (Fsp3) is 0.706. The number of aromatic amines is 1. The lowest BCUT2D eigenvalue weighted by Gasteiger charge is -2.26. The van der Waals surface area contributed by atoms with E-state index in [0.29, 0.717) is 38.4 Å². The topological polar surface area (TPSA) is 87.3 Å². The maximum atomic E-state index is 13.2. The first kappa shape index (κ1) is 16.5. The van der Waals surface area contributed by atoms with E-state index in [-0.39, 0.29) is 23.3 Å². The molecule has 3 atom stereocenters. The van der Waals surface area contributed by atoms with Gasteiger partial charge in [-0.1, -0.05) is 13.8 Å². The average molecular weight is 350 g/mol. The number of likely N-dealkylation sites (tertiary alicyclic amines) is 1. The molecule has 7 nitrogen and oxygen atoms in total. The fourth-order valence-corrected chi connectivity index (χ4v) is 3.72. The Bertz CT molecular complexity index is 717. The number of hydrogen-bond acceptors (Lipinski definition) is 4. The molecule has 1 saturated heterocycles. The van der Waals surface area contributed by atoms with Crippen LogP contribution in [0, 0.1) is 11.3 Å². The van der Waals surface area contributed by atoms with Gasteiger partial charge in [0.05, 0.1) is 25.2 Å². The fourth-order valence-electron chi connectivity index (χ4n) is 3.72. The Hall–Kier alpha value is -1.96. The number of nitrogens with zero attached hydrogens (tertiary/aromatic N) is 2. The van der Waals surface area contributed by atoms with E-state index in [4.69, 9.17) is 4.74 Å². The predicted octanol–water partition coefficient (Wildman–Crippen LogP) is 0.807. The highest BCUT2D eigenvalue weighted by Crippen LogP contribution is 2.38. The molecule has 1 saturated carbocycles. The van der Waals surface area contributed by atoms with E-state index in [9.17, 15) is 14.0 Å². The van der Waals surface area contributed by atoms with Gasteiger partial charge < -0.3 is 15.0 Å². The third kappa shape index (κ3) is 2.92. The van der Waals surface area contributed by atoms with Crippen LogP contribution in [0.25, 0.3) is 0 Å². The summed E-state index contributed by atoms with van der Waals surface area (Å²) in [5.41, 5.74) is 1.84. The number of rotatable bonds is 3. The molecule has 0 spiro atoms. The van der Waals surface area contributed by atoms with Crippen molar-refractivity contribution in [2.45, 2.75) is 45.5 Å². The quantitative estimate of drug-likeness (QED) is 0.844. The van der Waals surface area contributed by atoms with Crippen molar-refractivity contribution in [3.05, 3.63) is 17.0 Å². The molecule has 1 aliphatic carbocycles. The zero-order valence-electron chi connectivity index (χ0n) is 14.5. The van der Waals surface area contributed by atoms with Gasteiger partial charge in [-0.2, -0.15) is 5.10 Å². The monoisotopic (exact) mass is 350 g/mol. The molecule has 3 heterocycles. The molecule has 0 bridgehead atoms. The first-order valence-corrected chi connectivity index (χ1v) is 8.74. The second-order valence-corrected chi connectivity index (χ2v) is 7.92. The molecule has 3 aliphatic rings. The number of hydrogen-bond donors (Lipinski definition) is 2. The molecule has 136 valence electrons. The van der Waals surface area contributed by atoms with Gasteiger partial charge in [0.15, 0.2) is 5.69 Å². The molecule has 1 aromatic heterocycles. The summed E-state index contributed by atoms with van der Waals surface area (Å²) < 4.78 is 18.6. The van der Waals surface area contributed by atoms with E-state index in [1.54, 1.807) is 4.90 Å². The second kappa shape index (κ2) is 5.79. The number of alkyl halides is 1. The standard InChI is InChI=1S/C17H23FN4O3/c1-17(2)8-22(16(24)9-5-11(9)18)6-13(17)19-15(23)14-10-7-25-4-3-12(10)20-21-14/h9,11,13H,3-8H2,1-2H3,(H,19,23)(H,20,21). The van der Waals surface area contributed by atoms with Crippen molar-refractivity contribution in [3.63, 3.8) is 0 Å². The zero-order chi connectivity index (χ0) is 17.8. The van der Waals surface area contributed by atoms with Crippen molar-refractivity contribution in [3.8, 4) is 0 Å². The van der Waals surface area contributed by atoms with Crippen molar-refractivity contribution < 1.29 is 18.7 Å². The van der Waals surface area contributed by atoms with Crippen LogP contribution in [0.3, 0.4) is 0 Å². The van der Waals surface area contributed by atoms with Crippen LogP contribution in [0.15, 0.2) is 0 Å². The number of nitrogens with one attached hydrogen (secondary N) is 2. The van der Waals surface area contributed by atoms with Crippen LogP contribution in [-0.4, -0.2) is 58.8 Å². The molecule has 1 aromatic rings. The number of halogens is 1. The summed E-state index contributed by atoms with van der Waals surface area (Å²) in [5, 5.41) is 10.1. The van der Waals surface area contributed by atoms with Gasteiger partial charge in [0.1, 0.15) is 6.17 Å². The van der Waals surface area contributed by atoms with Crippen LogP contribution in [0.2, 0.25) is 0 Å². The Morgan fingerprint density at radius 1 is 1.44 bits per heavy atom. The number of fused-ring (bicyclic) bond motifs is 1. The molecule has 0 radical (unpaired) electrons. The Kier molecular flexibility index (Phi) is 3.82. The van der Waals surface area contributed by atoms with E-state index in [1.165, 1.54) is 0 Å². The minimum Gasteiger partial charge on any atom is -0.376 e. The van der Waals surface area contributed by atoms with Gasteiger partial charge in [-0.05, 0) is 6.42 Å². The predicted molar refractivity (Wildman–Crippen MR) is 86.6 cm³/mol. The molecule has 3 unspecified atom stereocenters. The molecule has 2 fully saturated rings. The van der Waals surface area contributed by atoms with Crippen LogP contribution >= 0.6 is 0 Å². The largest absolute Gasteiger partial charge is 0.376 e. The smallest absolute Gasteiger partial charge is 0.272 e. The molecule has 2 amide bonds. The van der Waals surface area contributed by atoms with Crippen LogP contribution in [0.5, 0.6) is 0 Å². The van der Waals surface area contributed by atoms with Crippen LogP contribution < -0.4 is 5.32 Å². The third-order valence-electron chi connectivity index (χ3n) is 5.50. The van der Waals surface area contributed by atoms with Gasteiger partial charge in [0.25, 0.3) is 5.91 Å². The lowest BCUT2D eigenvalue weighted by molar-refractivity contribution is -0.132. The molecular weight excluding hydrogens is 327 g/mol. The van der Waals surface area contributed by atoms with Crippen molar-refractivity contribution in [2.75, 3.05) is 19.7 Å². The highest BCUT2D eigenvalue weighted by molar-refractivity contribution is 5.94. The van der Waals surface area contributed by atoms with E-state index < -0.39 is 12.1 Å². The molecular formula is C17H23FN4O3. The maximum absolute atomic E-state index is 13.2. The Morgan fingerprint density at radius 2 is 2.20 bits per heavy atom. The molecule has 0 aromatic carbocycles. The van der Waals surface area contributed by atoms with Crippen LogP contribution in [0.1, 0.15) is 42.0 Å². The summed E-state index contributed by atoms with van der Waals surface area (Å²) in [5.74, 6) is -0.881. The number of carbonyl (C=O) groups is 2. The minimum atomic E-state index is -1.00. The third-order valence-corrected chi connectivity index (χ3v) is 5.50. The number of H-pyrrole nitrogens is 1. The van der Waals surface area contributed by atoms with Gasteiger partial charge in [0.2, 0.25) is 5.91 Å². The summed E-state index contributed by atoms with van der Waals surface area (Å²) in [6, 6.07) is -0.197. The normalized spacial score (nSPS) is 30.0. The zero-order valence-corrected chi connectivity index (χ0v) is 14.5. The summed E-state index contributed by atoms with van der Waals surface area (Å²) in [4.78, 5) is 26.7. The average Bonchev–Trinajstić information content (AvgIpc) is 3.02. The number of amides is 2. The van der Waals surface area contributed by atoms with Crippen LogP contribution in [-0.2, 0) is 22.6 Å². The molecule has 8 heteroatoms. The summed E-state index contributed by atoms with van der Waals surface area (Å²) in [7, 11) is 0. The highest BCUT2D eigenvalue weighted by atomic mass is 19.1. The van der Waals surface area contributed by atoms with Gasteiger partial charge in [0, 0.05) is 36.2 Å².